The number of aromatic nitrogens is 3. The zero-order valence-electron chi connectivity index (χ0n) is 15.7. The van der Waals surface area contributed by atoms with E-state index in [1.807, 2.05) is 20.8 Å². The second-order valence-electron chi connectivity index (χ2n) is 7.04. The molecular formula is C20H21N3O4. The van der Waals surface area contributed by atoms with Crippen molar-refractivity contribution in [3.05, 3.63) is 66.1 Å². The molecule has 0 N–H and O–H groups in total. The number of hydrogen-bond donors (Lipinski definition) is 0. The van der Waals surface area contributed by atoms with E-state index in [2.05, 4.69) is 15.1 Å². The molecule has 0 spiro atoms. The first-order valence-electron chi connectivity index (χ1n) is 8.56. The summed E-state index contributed by atoms with van der Waals surface area (Å²) < 4.78 is 16.5. The largest absolute Gasteiger partial charge is 0.455 e. The van der Waals surface area contributed by atoms with Crippen LogP contribution in [0.5, 0.6) is 11.5 Å². The predicted octanol–water partition coefficient (Wildman–Crippen LogP) is 4.47. The average Bonchev–Trinajstić information content (AvgIpc) is 3.14. The van der Waals surface area contributed by atoms with Gasteiger partial charge in [0.05, 0.1) is 6.20 Å². The number of para-hydroxylation sites is 1. The van der Waals surface area contributed by atoms with Crippen LogP contribution in [0.4, 0.5) is 0 Å². The summed E-state index contributed by atoms with van der Waals surface area (Å²) in [6.07, 6.45) is 2.52. The molecule has 0 amide bonds. The first-order chi connectivity index (χ1) is 12.8. The van der Waals surface area contributed by atoms with Crippen LogP contribution >= 0.6 is 0 Å². The molecule has 0 aliphatic heterocycles. The Morgan fingerprint density at radius 1 is 1.15 bits per heavy atom. The zero-order valence-corrected chi connectivity index (χ0v) is 15.7. The van der Waals surface area contributed by atoms with Crippen LogP contribution in [-0.2, 0) is 10.2 Å². The Hall–Kier alpha value is -3.22. The zero-order chi connectivity index (χ0) is 19.4. The third kappa shape index (κ3) is 4.49. The Labute approximate surface area is 157 Å². The van der Waals surface area contributed by atoms with Crippen molar-refractivity contribution in [2.45, 2.75) is 39.2 Å². The van der Waals surface area contributed by atoms with Gasteiger partial charge in [-0.3, -0.25) is 4.98 Å². The predicted molar refractivity (Wildman–Crippen MR) is 97.6 cm³/mol. The summed E-state index contributed by atoms with van der Waals surface area (Å²) in [5.41, 5.74) is 0.0408. The van der Waals surface area contributed by atoms with E-state index < -0.39 is 12.1 Å². The number of carbonyl (C=O) groups is 1. The van der Waals surface area contributed by atoms with E-state index in [0.717, 1.165) is 0 Å². The SMILES string of the molecule is CC(OC(=O)c1ccccc1Oc1cccnc1)c1nc(C(C)(C)C)no1. The van der Waals surface area contributed by atoms with Gasteiger partial charge in [-0.05, 0) is 31.2 Å². The highest BCUT2D eigenvalue weighted by Gasteiger charge is 2.26. The number of pyridine rings is 1. The Morgan fingerprint density at radius 2 is 1.93 bits per heavy atom. The summed E-state index contributed by atoms with van der Waals surface area (Å²) in [5, 5.41) is 3.95. The molecule has 1 unspecified atom stereocenters. The Morgan fingerprint density at radius 3 is 2.59 bits per heavy atom. The van der Waals surface area contributed by atoms with E-state index >= 15 is 0 Å². The van der Waals surface area contributed by atoms with Gasteiger partial charge in [0.25, 0.3) is 5.89 Å². The molecule has 27 heavy (non-hydrogen) atoms. The first-order valence-corrected chi connectivity index (χ1v) is 8.56. The summed E-state index contributed by atoms with van der Waals surface area (Å²) in [5.74, 6) is 1.17. The van der Waals surface area contributed by atoms with Gasteiger partial charge >= 0.3 is 5.97 Å². The maximum Gasteiger partial charge on any atom is 0.342 e. The monoisotopic (exact) mass is 367 g/mol. The van der Waals surface area contributed by atoms with Gasteiger partial charge in [0.2, 0.25) is 0 Å². The third-order valence-corrected chi connectivity index (χ3v) is 3.71. The number of rotatable bonds is 5. The van der Waals surface area contributed by atoms with E-state index in [0.29, 0.717) is 22.9 Å². The molecule has 2 heterocycles. The van der Waals surface area contributed by atoms with E-state index in [1.54, 1.807) is 55.7 Å². The van der Waals surface area contributed by atoms with Gasteiger partial charge < -0.3 is 14.0 Å². The average molecular weight is 367 g/mol. The molecule has 3 aromatic rings. The molecule has 1 aromatic carbocycles. The molecule has 7 heteroatoms. The van der Waals surface area contributed by atoms with Gasteiger partial charge in [-0.25, -0.2) is 4.79 Å². The van der Waals surface area contributed by atoms with E-state index in [4.69, 9.17) is 14.0 Å². The summed E-state index contributed by atoms with van der Waals surface area (Å²) in [7, 11) is 0. The highest BCUT2D eigenvalue weighted by atomic mass is 16.6. The minimum Gasteiger partial charge on any atom is -0.455 e. The van der Waals surface area contributed by atoms with Gasteiger partial charge in [-0.2, -0.15) is 4.98 Å². The fourth-order valence-electron chi connectivity index (χ4n) is 2.24. The lowest BCUT2D eigenvalue weighted by atomic mass is 9.96. The van der Waals surface area contributed by atoms with Crippen molar-refractivity contribution in [2.24, 2.45) is 0 Å². The van der Waals surface area contributed by atoms with E-state index in [9.17, 15) is 4.79 Å². The fraction of sp³-hybridized carbons (Fsp3) is 0.300. The topological polar surface area (TPSA) is 87.3 Å². The summed E-state index contributed by atoms with van der Waals surface area (Å²) >= 11 is 0. The fourth-order valence-corrected chi connectivity index (χ4v) is 2.24. The second kappa shape index (κ2) is 7.57. The van der Waals surface area contributed by atoms with Crippen LogP contribution in [0.15, 0.2) is 53.3 Å². The standard InChI is InChI=1S/C20H21N3O4/c1-13(17-22-19(23-27-17)20(2,3)4)25-18(24)15-9-5-6-10-16(15)26-14-8-7-11-21-12-14/h5-13H,1-4H3. The molecule has 0 saturated carbocycles. The van der Waals surface area contributed by atoms with Crippen LogP contribution in [0.25, 0.3) is 0 Å². The molecule has 0 aliphatic carbocycles. The van der Waals surface area contributed by atoms with Gasteiger partial charge in [-0.1, -0.05) is 38.1 Å². The van der Waals surface area contributed by atoms with Crippen molar-refractivity contribution in [1.82, 2.24) is 15.1 Å². The molecule has 140 valence electrons. The normalized spacial score (nSPS) is 12.4. The van der Waals surface area contributed by atoms with Crippen molar-refractivity contribution in [2.75, 3.05) is 0 Å². The quantitative estimate of drug-likeness (QED) is 0.615. The maximum atomic E-state index is 12.6. The Balaban J connectivity index is 1.75. The smallest absolute Gasteiger partial charge is 0.342 e. The lowest BCUT2D eigenvalue weighted by molar-refractivity contribution is 0.0263. The van der Waals surface area contributed by atoms with Gasteiger partial charge in [0, 0.05) is 11.6 Å². The van der Waals surface area contributed by atoms with Crippen LogP contribution in [0.2, 0.25) is 0 Å². The van der Waals surface area contributed by atoms with Crippen LogP contribution in [0.3, 0.4) is 0 Å². The van der Waals surface area contributed by atoms with Crippen LogP contribution in [0, 0.1) is 0 Å². The minimum atomic E-state index is -0.687. The second-order valence-corrected chi connectivity index (χ2v) is 7.04. The molecule has 0 bridgehead atoms. The molecule has 7 nitrogen and oxygen atoms in total. The molecule has 0 fully saturated rings. The first kappa shape index (κ1) is 18.6. The van der Waals surface area contributed by atoms with Crippen LogP contribution < -0.4 is 4.74 Å². The highest BCUT2D eigenvalue weighted by molar-refractivity contribution is 5.92. The van der Waals surface area contributed by atoms with Crippen LogP contribution in [-0.4, -0.2) is 21.1 Å². The number of hydrogen-bond acceptors (Lipinski definition) is 7. The molecule has 0 radical (unpaired) electrons. The lowest BCUT2D eigenvalue weighted by Crippen LogP contribution is -2.14. The van der Waals surface area contributed by atoms with Crippen LogP contribution in [0.1, 0.15) is 55.9 Å². The number of carbonyl (C=O) groups excluding carboxylic acids is 1. The number of esters is 1. The van der Waals surface area contributed by atoms with E-state index in [1.165, 1.54) is 0 Å². The minimum absolute atomic E-state index is 0.249. The molecule has 0 saturated heterocycles. The summed E-state index contributed by atoms with van der Waals surface area (Å²) in [6, 6.07) is 10.3. The molecule has 3 rings (SSSR count). The molecule has 1 atom stereocenters. The number of ether oxygens (including phenoxy) is 2. The summed E-state index contributed by atoms with van der Waals surface area (Å²) in [4.78, 5) is 21.0. The highest BCUT2D eigenvalue weighted by Crippen LogP contribution is 2.27. The Bertz CT molecular complexity index is 916. The van der Waals surface area contributed by atoms with Crippen molar-refractivity contribution in [3.8, 4) is 11.5 Å². The molecular weight excluding hydrogens is 346 g/mol. The Kier molecular flexibility index (Phi) is 5.21. The van der Waals surface area contributed by atoms with E-state index in [-0.39, 0.29) is 11.3 Å². The lowest BCUT2D eigenvalue weighted by Gasteiger charge is -2.13. The maximum absolute atomic E-state index is 12.6. The molecule has 0 aliphatic rings. The van der Waals surface area contributed by atoms with Crippen molar-refractivity contribution < 1.29 is 18.8 Å². The number of benzene rings is 1. The van der Waals surface area contributed by atoms with Crippen molar-refractivity contribution >= 4 is 5.97 Å². The van der Waals surface area contributed by atoms with Gasteiger partial charge in [-0.15, -0.1) is 0 Å². The van der Waals surface area contributed by atoms with Gasteiger partial charge in [0.15, 0.2) is 11.9 Å². The van der Waals surface area contributed by atoms with Gasteiger partial charge in [0.1, 0.15) is 17.1 Å². The summed E-state index contributed by atoms with van der Waals surface area (Å²) in [6.45, 7) is 7.61. The van der Waals surface area contributed by atoms with Crippen molar-refractivity contribution in [3.63, 3.8) is 0 Å². The number of nitrogens with zero attached hydrogens (tertiary/aromatic N) is 3. The van der Waals surface area contributed by atoms with Crippen molar-refractivity contribution in [1.29, 1.82) is 0 Å². The molecule has 2 aromatic heterocycles. The third-order valence-electron chi connectivity index (χ3n) is 3.71.